The van der Waals surface area contributed by atoms with E-state index in [0.29, 0.717) is 32.0 Å². The zero-order valence-electron chi connectivity index (χ0n) is 12.1. The molecule has 0 radical (unpaired) electrons. The molecule has 0 bridgehead atoms. The van der Waals surface area contributed by atoms with Crippen LogP contribution in [0.4, 0.5) is 0 Å². The summed E-state index contributed by atoms with van der Waals surface area (Å²) in [6.07, 6.45) is 0.587. The molecule has 1 aromatic rings. The third kappa shape index (κ3) is 3.35. The molecule has 1 aliphatic rings. The summed E-state index contributed by atoms with van der Waals surface area (Å²) in [5.74, 6) is 0.756. The number of benzene rings is 1. The SMILES string of the molecule is CCC(=O)N1CCOC(c2ccc(C(C)C)cc2)C1. The van der Waals surface area contributed by atoms with E-state index in [1.165, 1.54) is 5.56 Å². The minimum absolute atomic E-state index is 0.0189. The fourth-order valence-corrected chi connectivity index (χ4v) is 2.40. The molecule has 19 heavy (non-hydrogen) atoms. The fourth-order valence-electron chi connectivity index (χ4n) is 2.40. The Morgan fingerprint density at radius 3 is 2.63 bits per heavy atom. The summed E-state index contributed by atoms with van der Waals surface area (Å²) in [7, 11) is 0. The molecule has 0 spiro atoms. The van der Waals surface area contributed by atoms with Crippen molar-refractivity contribution in [2.45, 2.75) is 39.2 Å². The first-order chi connectivity index (χ1) is 9.11. The summed E-state index contributed by atoms with van der Waals surface area (Å²) in [6.45, 7) is 8.30. The third-order valence-electron chi connectivity index (χ3n) is 3.70. The van der Waals surface area contributed by atoms with Gasteiger partial charge in [0.2, 0.25) is 5.91 Å². The summed E-state index contributed by atoms with van der Waals surface area (Å²) in [4.78, 5) is 13.7. The molecule has 1 unspecified atom stereocenters. The third-order valence-corrected chi connectivity index (χ3v) is 3.70. The van der Waals surface area contributed by atoms with Gasteiger partial charge in [0.05, 0.1) is 13.2 Å². The number of morpholine rings is 1. The standard InChI is InChI=1S/C16H23NO2/c1-4-16(18)17-9-10-19-15(11-17)14-7-5-13(6-8-14)12(2)3/h5-8,12,15H,4,9-11H2,1-3H3. The molecule has 3 nitrogen and oxygen atoms in total. The molecule has 0 aliphatic carbocycles. The van der Waals surface area contributed by atoms with E-state index in [4.69, 9.17) is 4.74 Å². The number of ether oxygens (including phenoxy) is 1. The van der Waals surface area contributed by atoms with E-state index in [1.54, 1.807) is 0 Å². The first kappa shape index (κ1) is 14.1. The second-order valence-corrected chi connectivity index (χ2v) is 5.37. The average molecular weight is 261 g/mol. The van der Waals surface area contributed by atoms with Crippen LogP contribution >= 0.6 is 0 Å². The van der Waals surface area contributed by atoms with Crippen molar-refractivity contribution in [1.82, 2.24) is 4.90 Å². The van der Waals surface area contributed by atoms with Gasteiger partial charge in [-0.25, -0.2) is 0 Å². The lowest BCUT2D eigenvalue weighted by atomic mass is 9.99. The van der Waals surface area contributed by atoms with Gasteiger partial charge < -0.3 is 9.64 Å². The predicted octanol–water partition coefficient (Wildman–Crippen LogP) is 3.12. The number of amides is 1. The highest BCUT2D eigenvalue weighted by Crippen LogP contribution is 2.24. The fraction of sp³-hybridized carbons (Fsp3) is 0.562. The van der Waals surface area contributed by atoms with Gasteiger partial charge in [0.1, 0.15) is 6.10 Å². The monoisotopic (exact) mass is 261 g/mol. The van der Waals surface area contributed by atoms with Crippen LogP contribution in [-0.4, -0.2) is 30.5 Å². The minimum Gasteiger partial charge on any atom is -0.370 e. The quantitative estimate of drug-likeness (QED) is 0.836. The molecule has 1 amide bonds. The van der Waals surface area contributed by atoms with E-state index in [9.17, 15) is 4.79 Å². The number of nitrogens with zero attached hydrogens (tertiary/aromatic N) is 1. The zero-order chi connectivity index (χ0) is 13.8. The van der Waals surface area contributed by atoms with E-state index < -0.39 is 0 Å². The summed E-state index contributed by atoms with van der Waals surface area (Å²) < 4.78 is 5.80. The van der Waals surface area contributed by atoms with Gasteiger partial charge in [-0.2, -0.15) is 0 Å². The molecule has 104 valence electrons. The van der Waals surface area contributed by atoms with Crippen LogP contribution in [-0.2, 0) is 9.53 Å². The first-order valence-corrected chi connectivity index (χ1v) is 7.11. The molecule has 1 aliphatic heterocycles. The molecule has 1 aromatic carbocycles. The Hall–Kier alpha value is -1.35. The van der Waals surface area contributed by atoms with Crippen LogP contribution in [0.1, 0.15) is 50.3 Å². The van der Waals surface area contributed by atoms with E-state index in [0.717, 1.165) is 5.56 Å². The summed E-state index contributed by atoms with van der Waals surface area (Å²) in [5.41, 5.74) is 2.50. The molecular weight excluding hydrogens is 238 g/mol. The number of carbonyl (C=O) groups is 1. The van der Waals surface area contributed by atoms with E-state index in [-0.39, 0.29) is 12.0 Å². The van der Waals surface area contributed by atoms with Crippen molar-refractivity contribution >= 4 is 5.91 Å². The average Bonchev–Trinajstić information content (AvgIpc) is 2.46. The van der Waals surface area contributed by atoms with Crippen LogP contribution < -0.4 is 0 Å². The lowest BCUT2D eigenvalue weighted by Gasteiger charge is -2.33. The van der Waals surface area contributed by atoms with E-state index in [1.807, 2.05) is 11.8 Å². The van der Waals surface area contributed by atoms with Gasteiger partial charge in [-0.1, -0.05) is 45.0 Å². The molecule has 0 aromatic heterocycles. The maximum absolute atomic E-state index is 11.8. The number of rotatable bonds is 3. The predicted molar refractivity (Wildman–Crippen MR) is 76.1 cm³/mol. The van der Waals surface area contributed by atoms with Crippen LogP contribution in [0.15, 0.2) is 24.3 Å². The first-order valence-electron chi connectivity index (χ1n) is 7.11. The molecule has 3 heteroatoms. The van der Waals surface area contributed by atoms with E-state index in [2.05, 4.69) is 38.1 Å². The highest BCUT2D eigenvalue weighted by atomic mass is 16.5. The minimum atomic E-state index is 0.0189. The van der Waals surface area contributed by atoms with Gasteiger partial charge in [-0.15, -0.1) is 0 Å². The van der Waals surface area contributed by atoms with Crippen molar-refractivity contribution in [3.05, 3.63) is 35.4 Å². The van der Waals surface area contributed by atoms with Crippen molar-refractivity contribution in [3.8, 4) is 0 Å². The lowest BCUT2D eigenvalue weighted by molar-refractivity contribution is -0.138. The van der Waals surface area contributed by atoms with Crippen LogP contribution in [0.25, 0.3) is 0 Å². The van der Waals surface area contributed by atoms with Crippen molar-refractivity contribution in [1.29, 1.82) is 0 Å². The Balaban J connectivity index is 2.06. The summed E-state index contributed by atoms with van der Waals surface area (Å²) in [5, 5.41) is 0. The van der Waals surface area contributed by atoms with Crippen molar-refractivity contribution < 1.29 is 9.53 Å². The molecule has 1 atom stereocenters. The van der Waals surface area contributed by atoms with Crippen LogP contribution in [0.2, 0.25) is 0 Å². The topological polar surface area (TPSA) is 29.5 Å². The molecule has 1 fully saturated rings. The Morgan fingerprint density at radius 1 is 1.37 bits per heavy atom. The maximum Gasteiger partial charge on any atom is 0.222 e. The Labute approximate surface area is 115 Å². The van der Waals surface area contributed by atoms with Gasteiger partial charge in [-0.3, -0.25) is 4.79 Å². The Bertz CT molecular complexity index is 425. The molecule has 1 saturated heterocycles. The lowest BCUT2D eigenvalue weighted by Crippen LogP contribution is -2.41. The molecule has 0 saturated carbocycles. The summed E-state index contributed by atoms with van der Waals surface area (Å²) in [6, 6.07) is 8.56. The van der Waals surface area contributed by atoms with E-state index >= 15 is 0 Å². The zero-order valence-corrected chi connectivity index (χ0v) is 12.1. The largest absolute Gasteiger partial charge is 0.370 e. The van der Waals surface area contributed by atoms with Crippen molar-refractivity contribution in [2.75, 3.05) is 19.7 Å². The molecule has 0 N–H and O–H groups in total. The van der Waals surface area contributed by atoms with Gasteiger partial charge in [0, 0.05) is 13.0 Å². The molecule has 1 heterocycles. The Morgan fingerprint density at radius 2 is 2.05 bits per heavy atom. The van der Waals surface area contributed by atoms with Crippen molar-refractivity contribution in [2.24, 2.45) is 0 Å². The number of hydrogen-bond donors (Lipinski definition) is 0. The van der Waals surface area contributed by atoms with Gasteiger partial charge in [0.25, 0.3) is 0 Å². The second kappa shape index (κ2) is 6.20. The second-order valence-electron chi connectivity index (χ2n) is 5.37. The number of carbonyl (C=O) groups excluding carboxylic acids is 1. The van der Waals surface area contributed by atoms with Crippen LogP contribution in [0.3, 0.4) is 0 Å². The normalized spacial score (nSPS) is 19.8. The Kier molecular flexibility index (Phi) is 4.59. The molecular formula is C16H23NO2. The van der Waals surface area contributed by atoms with Gasteiger partial charge in [0.15, 0.2) is 0 Å². The smallest absolute Gasteiger partial charge is 0.222 e. The highest BCUT2D eigenvalue weighted by molar-refractivity contribution is 5.75. The number of hydrogen-bond acceptors (Lipinski definition) is 2. The van der Waals surface area contributed by atoms with Crippen LogP contribution in [0, 0.1) is 0 Å². The van der Waals surface area contributed by atoms with Gasteiger partial charge in [-0.05, 0) is 17.0 Å². The molecule has 2 rings (SSSR count). The van der Waals surface area contributed by atoms with Crippen molar-refractivity contribution in [3.63, 3.8) is 0 Å². The van der Waals surface area contributed by atoms with Gasteiger partial charge >= 0.3 is 0 Å². The highest BCUT2D eigenvalue weighted by Gasteiger charge is 2.24. The van der Waals surface area contributed by atoms with Crippen LogP contribution in [0.5, 0.6) is 0 Å². The maximum atomic E-state index is 11.8. The summed E-state index contributed by atoms with van der Waals surface area (Å²) >= 11 is 0.